The van der Waals surface area contributed by atoms with Gasteiger partial charge in [0.15, 0.2) is 0 Å². The molecule has 1 spiro atoms. The largest absolute Gasteiger partial charge is 0.508 e. The number of carbonyl (C=O) groups excluding carboxylic acids is 1. The van der Waals surface area contributed by atoms with Gasteiger partial charge in [0.1, 0.15) is 23.1 Å². The summed E-state index contributed by atoms with van der Waals surface area (Å²) >= 11 is 0. The molecule has 4 heteroatoms. The number of hydrogen-bond acceptors (Lipinski definition) is 3. The molecule has 2 bridgehead atoms. The molecular weight excluding hydrogens is 276 g/mol. The van der Waals surface area contributed by atoms with Crippen LogP contribution in [0.1, 0.15) is 37.7 Å². The van der Waals surface area contributed by atoms with E-state index in [-0.39, 0.29) is 0 Å². The fraction of sp³-hybridized carbons (Fsp3) is 0.611. The molecule has 1 aliphatic carbocycles. The molecule has 0 aromatic heterocycles. The Balaban J connectivity index is 1.53. The van der Waals surface area contributed by atoms with Crippen molar-refractivity contribution < 1.29 is 14.8 Å². The van der Waals surface area contributed by atoms with E-state index < -0.39 is 0 Å². The van der Waals surface area contributed by atoms with Crippen LogP contribution in [-0.2, 0) is 11.2 Å². The summed E-state index contributed by atoms with van der Waals surface area (Å²) in [7, 11) is 0. The molecule has 2 saturated heterocycles. The minimum Gasteiger partial charge on any atom is -0.508 e. The van der Waals surface area contributed by atoms with E-state index in [1.807, 2.05) is 12.1 Å². The number of fused-ring (bicyclic) bond motifs is 3. The topological polar surface area (TPSA) is 53.8 Å². The van der Waals surface area contributed by atoms with Crippen molar-refractivity contribution in [1.82, 2.24) is 5.32 Å². The molecule has 3 atom stereocenters. The second-order valence-electron chi connectivity index (χ2n) is 7.43. The van der Waals surface area contributed by atoms with Gasteiger partial charge in [0.25, 0.3) is 0 Å². The maximum absolute atomic E-state index is 11.7. The van der Waals surface area contributed by atoms with Crippen LogP contribution in [0.2, 0.25) is 0 Å². The summed E-state index contributed by atoms with van der Waals surface area (Å²) in [4.78, 5) is 13.4. The average Bonchev–Trinajstić information content (AvgIpc) is 2.81. The van der Waals surface area contributed by atoms with Crippen molar-refractivity contribution in [2.24, 2.45) is 0 Å². The highest BCUT2D eigenvalue weighted by atomic mass is 16.3. The van der Waals surface area contributed by atoms with Crippen molar-refractivity contribution in [2.75, 3.05) is 13.1 Å². The van der Waals surface area contributed by atoms with Crippen LogP contribution >= 0.6 is 0 Å². The zero-order chi connectivity index (χ0) is 15.2. The van der Waals surface area contributed by atoms with E-state index in [0.29, 0.717) is 29.2 Å². The SMILES string of the molecule is O=C1CCC2(CC1)C[C@H]1C[NH+]2[C@@H](Cc2ccc(O)cc2)CN1. The molecule has 3 fully saturated rings. The maximum Gasteiger partial charge on any atom is 0.133 e. The van der Waals surface area contributed by atoms with Crippen LogP contribution in [0.3, 0.4) is 0 Å². The number of hydrogen-bond donors (Lipinski definition) is 3. The minimum absolute atomic E-state index is 0.335. The first-order chi connectivity index (χ1) is 10.6. The van der Waals surface area contributed by atoms with Gasteiger partial charge in [0, 0.05) is 45.1 Å². The molecule has 118 valence electrons. The van der Waals surface area contributed by atoms with Gasteiger partial charge < -0.3 is 15.3 Å². The van der Waals surface area contributed by atoms with Crippen LogP contribution in [0.5, 0.6) is 5.75 Å². The smallest absolute Gasteiger partial charge is 0.133 e. The number of rotatable bonds is 2. The van der Waals surface area contributed by atoms with Crippen molar-refractivity contribution in [3.8, 4) is 5.75 Å². The number of aromatic hydroxyl groups is 1. The van der Waals surface area contributed by atoms with E-state index in [1.54, 1.807) is 17.0 Å². The van der Waals surface area contributed by atoms with Gasteiger partial charge in [-0.2, -0.15) is 0 Å². The predicted molar refractivity (Wildman–Crippen MR) is 84.0 cm³/mol. The lowest BCUT2D eigenvalue weighted by atomic mass is 9.78. The van der Waals surface area contributed by atoms with Crippen LogP contribution in [0.4, 0.5) is 0 Å². The first-order valence-electron chi connectivity index (χ1n) is 8.54. The number of nitrogens with one attached hydrogen (secondary N) is 2. The molecule has 3 N–H and O–H groups in total. The van der Waals surface area contributed by atoms with Crippen LogP contribution in [0.25, 0.3) is 0 Å². The molecular formula is C18H25N2O2+. The number of Topliss-reactive ketones (excluding diaryl/α,β-unsaturated/α-hetero) is 1. The number of quaternary nitrogens is 1. The van der Waals surface area contributed by atoms with Crippen molar-refractivity contribution in [1.29, 1.82) is 0 Å². The van der Waals surface area contributed by atoms with Crippen molar-refractivity contribution >= 4 is 5.78 Å². The number of phenolic OH excluding ortho intramolecular Hbond substituents is 1. The van der Waals surface area contributed by atoms with Crippen LogP contribution in [0, 0.1) is 0 Å². The summed E-state index contributed by atoms with van der Waals surface area (Å²) in [5.41, 5.74) is 1.63. The number of phenols is 1. The second-order valence-corrected chi connectivity index (χ2v) is 7.43. The van der Waals surface area contributed by atoms with E-state index in [2.05, 4.69) is 5.32 Å². The van der Waals surface area contributed by atoms with E-state index in [0.717, 1.165) is 38.6 Å². The summed E-state index contributed by atoms with van der Waals surface area (Å²) in [5.74, 6) is 0.789. The third kappa shape index (κ3) is 2.44. The number of carbonyl (C=O) groups is 1. The Morgan fingerprint density at radius 3 is 2.68 bits per heavy atom. The molecule has 1 saturated carbocycles. The summed E-state index contributed by atoms with van der Waals surface area (Å²) in [6.07, 6.45) is 5.99. The lowest BCUT2D eigenvalue weighted by molar-refractivity contribution is -0.966. The highest BCUT2D eigenvalue weighted by Gasteiger charge is 2.55. The normalized spacial score (nSPS) is 33.3. The Labute approximate surface area is 131 Å². The van der Waals surface area contributed by atoms with E-state index in [1.165, 1.54) is 18.5 Å². The molecule has 0 amide bonds. The zero-order valence-corrected chi connectivity index (χ0v) is 13.0. The van der Waals surface area contributed by atoms with Gasteiger partial charge >= 0.3 is 0 Å². The highest BCUT2D eigenvalue weighted by molar-refractivity contribution is 5.79. The Bertz CT molecular complexity index is 559. The lowest BCUT2D eigenvalue weighted by Gasteiger charge is -2.42. The first-order valence-corrected chi connectivity index (χ1v) is 8.54. The molecule has 2 aliphatic heterocycles. The third-order valence-electron chi connectivity index (χ3n) is 6.11. The summed E-state index contributed by atoms with van der Waals surface area (Å²) in [6, 6.07) is 8.85. The van der Waals surface area contributed by atoms with Crippen LogP contribution in [0.15, 0.2) is 24.3 Å². The summed E-state index contributed by atoms with van der Waals surface area (Å²) in [6.45, 7) is 2.27. The number of benzene rings is 1. The average molecular weight is 301 g/mol. The third-order valence-corrected chi connectivity index (χ3v) is 6.11. The zero-order valence-electron chi connectivity index (χ0n) is 13.0. The van der Waals surface area contributed by atoms with E-state index in [4.69, 9.17) is 0 Å². The molecule has 0 radical (unpaired) electrons. The highest BCUT2D eigenvalue weighted by Crippen LogP contribution is 2.32. The van der Waals surface area contributed by atoms with Gasteiger partial charge in [0.05, 0.1) is 12.6 Å². The van der Waals surface area contributed by atoms with Crippen molar-refractivity contribution in [2.45, 2.75) is 56.1 Å². The van der Waals surface area contributed by atoms with Gasteiger partial charge in [-0.05, 0) is 17.7 Å². The van der Waals surface area contributed by atoms with Gasteiger partial charge in [-0.3, -0.25) is 4.79 Å². The lowest BCUT2D eigenvalue weighted by Crippen LogP contribution is -3.23. The summed E-state index contributed by atoms with van der Waals surface area (Å²) < 4.78 is 0. The Hall–Kier alpha value is -1.39. The Morgan fingerprint density at radius 1 is 1.23 bits per heavy atom. The monoisotopic (exact) mass is 301 g/mol. The maximum atomic E-state index is 11.7. The molecule has 3 aliphatic rings. The molecule has 1 unspecified atom stereocenters. The van der Waals surface area contributed by atoms with Crippen LogP contribution in [-0.4, -0.2) is 41.6 Å². The number of ketones is 1. The van der Waals surface area contributed by atoms with Crippen molar-refractivity contribution in [3.63, 3.8) is 0 Å². The fourth-order valence-corrected chi connectivity index (χ4v) is 4.98. The van der Waals surface area contributed by atoms with E-state index >= 15 is 0 Å². The Kier molecular flexibility index (Phi) is 3.46. The Morgan fingerprint density at radius 2 is 1.95 bits per heavy atom. The molecule has 22 heavy (non-hydrogen) atoms. The van der Waals surface area contributed by atoms with Gasteiger partial charge in [-0.25, -0.2) is 0 Å². The molecule has 2 heterocycles. The first kappa shape index (κ1) is 14.2. The molecule has 4 rings (SSSR count). The fourth-order valence-electron chi connectivity index (χ4n) is 4.98. The molecule has 4 nitrogen and oxygen atoms in total. The quantitative estimate of drug-likeness (QED) is 0.743. The van der Waals surface area contributed by atoms with Gasteiger partial charge in [0.2, 0.25) is 0 Å². The van der Waals surface area contributed by atoms with Gasteiger partial charge in [-0.15, -0.1) is 0 Å². The van der Waals surface area contributed by atoms with Crippen LogP contribution < -0.4 is 10.2 Å². The van der Waals surface area contributed by atoms with Crippen molar-refractivity contribution in [3.05, 3.63) is 29.8 Å². The van der Waals surface area contributed by atoms with E-state index in [9.17, 15) is 9.90 Å². The molecule has 1 aromatic rings. The summed E-state index contributed by atoms with van der Waals surface area (Å²) in [5, 5.41) is 13.2. The van der Waals surface area contributed by atoms with Gasteiger partial charge in [-0.1, -0.05) is 12.1 Å². The second kappa shape index (κ2) is 5.36. The predicted octanol–water partition coefficient (Wildman–Crippen LogP) is 0.446. The number of piperazine rings is 1. The standard InChI is InChI=1S/C18H24N2O2/c21-16-3-1-13(2-4-16)9-15-11-19-14-10-18(20(15)12-14)7-5-17(22)6-8-18/h1-4,14-15,19,21H,5-12H2/p+1/t14-,15-/m0/s1. The minimum atomic E-state index is 0.335. The molecule has 1 aromatic carbocycles.